The third-order valence-electron chi connectivity index (χ3n) is 3.92. The first-order valence-electron chi connectivity index (χ1n) is 7.34. The number of halogens is 6. The maximum Gasteiger partial charge on any atom is 0.416 e. The van der Waals surface area contributed by atoms with Crippen molar-refractivity contribution in [1.29, 1.82) is 0 Å². The van der Waals surface area contributed by atoms with Gasteiger partial charge in [-0.2, -0.15) is 26.3 Å². The molecule has 0 bridgehead atoms. The molecule has 0 saturated heterocycles. The highest BCUT2D eigenvalue weighted by atomic mass is 19.4. The summed E-state index contributed by atoms with van der Waals surface area (Å²) in [5, 5.41) is 1.61. The second-order valence-corrected chi connectivity index (χ2v) is 5.86. The van der Waals surface area contributed by atoms with Crippen LogP contribution in [0.2, 0.25) is 0 Å². The summed E-state index contributed by atoms with van der Waals surface area (Å²) in [5.74, 6) is 0. The lowest BCUT2D eigenvalue weighted by Gasteiger charge is -2.14. The van der Waals surface area contributed by atoms with Crippen molar-refractivity contribution in [2.75, 3.05) is 0 Å². The van der Waals surface area contributed by atoms with E-state index in [2.05, 4.69) is 0 Å². The van der Waals surface area contributed by atoms with Gasteiger partial charge in [0.05, 0.1) is 11.1 Å². The third-order valence-corrected chi connectivity index (χ3v) is 3.92. The van der Waals surface area contributed by atoms with Crippen molar-refractivity contribution in [2.45, 2.75) is 19.3 Å². The van der Waals surface area contributed by atoms with E-state index in [-0.39, 0.29) is 11.6 Å². The van der Waals surface area contributed by atoms with E-state index in [1.807, 2.05) is 19.1 Å². The summed E-state index contributed by atoms with van der Waals surface area (Å²) >= 11 is 0. The first kappa shape index (κ1) is 17.3. The van der Waals surface area contributed by atoms with Crippen molar-refractivity contribution in [1.82, 2.24) is 0 Å². The molecule has 0 nitrogen and oxygen atoms in total. The van der Waals surface area contributed by atoms with Gasteiger partial charge in [-0.1, -0.05) is 35.9 Å². The largest absolute Gasteiger partial charge is 0.416 e. The summed E-state index contributed by atoms with van der Waals surface area (Å²) in [6.07, 6.45) is -9.71. The van der Waals surface area contributed by atoms with Crippen LogP contribution in [0.15, 0.2) is 54.6 Å². The number of rotatable bonds is 1. The van der Waals surface area contributed by atoms with Crippen LogP contribution in [0.1, 0.15) is 16.7 Å². The minimum absolute atomic E-state index is 0.121. The lowest BCUT2D eigenvalue weighted by Crippen LogP contribution is -2.11. The maximum atomic E-state index is 13.0. The summed E-state index contributed by atoms with van der Waals surface area (Å²) in [7, 11) is 0. The minimum atomic E-state index is -4.86. The normalized spacial score (nSPS) is 12.6. The van der Waals surface area contributed by atoms with E-state index in [4.69, 9.17) is 0 Å². The van der Waals surface area contributed by atoms with Crippen LogP contribution in [-0.2, 0) is 12.4 Å². The molecular formula is C19H12F6. The molecule has 0 aliphatic heterocycles. The SMILES string of the molecule is Cc1ccc2cc(-c3cc(C(F)(F)F)cc(C(F)(F)F)c3)ccc2c1. The van der Waals surface area contributed by atoms with Crippen LogP contribution in [0.3, 0.4) is 0 Å². The molecular weight excluding hydrogens is 342 g/mol. The number of aryl methyl sites for hydroxylation is 1. The first-order valence-corrected chi connectivity index (χ1v) is 7.34. The summed E-state index contributed by atoms with van der Waals surface area (Å²) < 4.78 is 77.9. The lowest BCUT2D eigenvalue weighted by atomic mass is 9.96. The van der Waals surface area contributed by atoms with Crippen molar-refractivity contribution in [3.63, 3.8) is 0 Å². The molecule has 3 aromatic rings. The van der Waals surface area contributed by atoms with Gasteiger partial charge >= 0.3 is 12.4 Å². The Balaban J connectivity index is 2.20. The fourth-order valence-corrected chi connectivity index (χ4v) is 2.67. The van der Waals surface area contributed by atoms with E-state index in [9.17, 15) is 26.3 Å². The van der Waals surface area contributed by atoms with E-state index in [1.54, 1.807) is 18.2 Å². The topological polar surface area (TPSA) is 0 Å². The van der Waals surface area contributed by atoms with Gasteiger partial charge in [-0.05, 0) is 53.1 Å². The number of alkyl halides is 6. The molecule has 0 aliphatic rings. The average molecular weight is 354 g/mol. The molecule has 0 saturated carbocycles. The Hall–Kier alpha value is -2.50. The van der Waals surface area contributed by atoms with Crippen molar-refractivity contribution in [3.05, 3.63) is 71.3 Å². The van der Waals surface area contributed by atoms with E-state index in [0.717, 1.165) is 28.5 Å². The van der Waals surface area contributed by atoms with Crippen molar-refractivity contribution < 1.29 is 26.3 Å². The summed E-state index contributed by atoms with van der Waals surface area (Å²) in [5.41, 5.74) is -1.45. The molecule has 0 spiro atoms. The second-order valence-electron chi connectivity index (χ2n) is 5.86. The molecule has 0 heterocycles. The van der Waals surface area contributed by atoms with Crippen molar-refractivity contribution in [2.24, 2.45) is 0 Å². The highest BCUT2D eigenvalue weighted by Crippen LogP contribution is 2.39. The molecule has 0 atom stereocenters. The number of hydrogen-bond donors (Lipinski definition) is 0. The third kappa shape index (κ3) is 3.62. The predicted molar refractivity (Wildman–Crippen MR) is 84.1 cm³/mol. The van der Waals surface area contributed by atoms with Crippen LogP contribution in [0.4, 0.5) is 26.3 Å². The molecule has 25 heavy (non-hydrogen) atoms. The standard InChI is InChI=1S/C19H12F6/c1-11-2-3-13-7-14(5-4-12(13)6-11)15-8-16(18(20,21)22)10-17(9-15)19(23,24)25/h2-10H,1H3. The fourth-order valence-electron chi connectivity index (χ4n) is 2.67. The number of benzene rings is 3. The van der Waals surface area contributed by atoms with Gasteiger partial charge in [0.15, 0.2) is 0 Å². The molecule has 3 aromatic carbocycles. The Kier molecular flexibility index (Phi) is 4.01. The fraction of sp³-hybridized carbons (Fsp3) is 0.158. The van der Waals surface area contributed by atoms with Gasteiger partial charge in [0, 0.05) is 0 Å². The van der Waals surface area contributed by atoms with Gasteiger partial charge in [-0.25, -0.2) is 0 Å². The van der Waals surface area contributed by atoms with Gasteiger partial charge in [0.1, 0.15) is 0 Å². The van der Waals surface area contributed by atoms with Crippen LogP contribution in [-0.4, -0.2) is 0 Å². The highest BCUT2D eigenvalue weighted by molar-refractivity contribution is 5.88. The van der Waals surface area contributed by atoms with Crippen molar-refractivity contribution >= 4 is 10.8 Å². The van der Waals surface area contributed by atoms with E-state index >= 15 is 0 Å². The van der Waals surface area contributed by atoms with Crippen LogP contribution < -0.4 is 0 Å². The maximum absolute atomic E-state index is 13.0. The monoisotopic (exact) mass is 354 g/mol. The summed E-state index contributed by atoms with van der Waals surface area (Å²) in [6.45, 7) is 1.90. The second kappa shape index (κ2) is 5.79. The molecule has 0 radical (unpaired) electrons. The van der Waals surface area contributed by atoms with Crippen LogP contribution in [0.25, 0.3) is 21.9 Å². The van der Waals surface area contributed by atoms with E-state index in [1.165, 1.54) is 6.07 Å². The highest BCUT2D eigenvalue weighted by Gasteiger charge is 2.36. The molecule has 3 rings (SSSR count). The molecule has 130 valence electrons. The Morgan fingerprint density at radius 3 is 1.64 bits per heavy atom. The number of fused-ring (bicyclic) bond motifs is 1. The zero-order chi connectivity index (χ0) is 18.4. The van der Waals surface area contributed by atoms with Gasteiger partial charge < -0.3 is 0 Å². The van der Waals surface area contributed by atoms with Gasteiger partial charge in [-0.15, -0.1) is 0 Å². The molecule has 0 unspecified atom stereocenters. The van der Waals surface area contributed by atoms with Crippen LogP contribution in [0, 0.1) is 6.92 Å². The molecule has 0 amide bonds. The van der Waals surface area contributed by atoms with Crippen LogP contribution >= 0.6 is 0 Å². The molecule has 0 fully saturated rings. The Morgan fingerprint density at radius 2 is 1.08 bits per heavy atom. The van der Waals surface area contributed by atoms with E-state index in [0.29, 0.717) is 5.56 Å². The first-order chi connectivity index (χ1) is 11.5. The Labute approximate surface area is 139 Å². The minimum Gasteiger partial charge on any atom is -0.166 e. The van der Waals surface area contributed by atoms with Crippen molar-refractivity contribution in [3.8, 4) is 11.1 Å². The Bertz CT molecular complexity index is 903. The summed E-state index contributed by atoms with van der Waals surface area (Å²) in [4.78, 5) is 0. The van der Waals surface area contributed by atoms with E-state index < -0.39 is 23.5 Å². The molecule has 0 aromatic heterocycles. The van der Waals surface area contributed by atoms with Crippen LogP contribution in [0.5, 0.6) is 0 Å². The lowest BCUT2D eigenvalue weighted by molar-refractivity contribution is -0.143. The van der Waals surface area contributed by atoms with Gasteiger partial charge in [-0.3, -0.25) is 0 Å². The molecule has 0 aliphatic carbocycles. The average Bonchev–Trinajstić information content (AvgIpc) is 2.52. The predicted octanol–water partition coefficient (Wildman–Crippen LogP) is 6.85. The molecule has 0 N–H and O–H groups in total. The Morgan fingerprint density at radius 1 is 0.560 bits per heavy atom. The zero-order valence-electron chi connectivity index (χ0n) is 13.0. The van der Waals surface area contributed by atoms with Gasteiger partial charge in [0.2, 0.25) is 0 Å². The smallest absolute Gasteiger partial charge is 0.166 e. The van der Waals surface area contributed by atoms with Gasteiger partial charge in [0.25, 0.3) is 0 Å². The quantitative estimate of drug-likeness (QED) is 0.419. The summed E-state index contributed by atoms with van der Waals surface area (Å²) in [6, 6.07) is 11.9. The number of hydrogen-bond acceptors (Lipinski definition) is 0. The molecule has 6 heteroatoms. The zero-order valence-corrected chi connectivity index (χ0v) is 13.0.